The quantitative estimate of drug-likeness (QED) is 0.747. The lowest BCUT2D eigenvalue weighted by Gasteiger charge is -2.31. The molecule has 25 heavy (non-hydrogen) atoms. The standard InChI is InChI=1S/C19H23N5O/c20-14-3-1-13(2-4-14)19(25)23-16-5-6-17(22-11-16)18-12-21-15-7-9-24(18)10-8-15/h1-6,11,15,18,21H,7-10,12,20H2,(H,23,25). The molecule has 0 aliphatic carbocycles. The average Bonchev–Trinajstić information content (AvgIpc) is 2.97. The molecule has 0 saturated carbocycles. The van der Waals surface area contributed by atoms with E-state index in [1.165, 1.54) is 12.8 Å². The maximum atomic E-state index is 12.3. The molecule has 3 fully saturated rings. The van der Waals surface area contributed by atoms with Crippen molar-refractivity contribution in [3.8, 4) is 0 Å². The van der Waals surface area contributed by atoms with Crippen LogP contribution in [0.5, 0.6) is 0 Å². The van der Waals surface area contributed by atoms with Crippen LogP contribution in [-0.4, -0.2) is 41.5 Å². The number of aromatic nitrogens is 1. The van der Waals surface area contributed by atoms with Crippen molar-refractivity contribution in [2.45, 2.75) is 24.9 Å². The van der Waals surface area contributed by atoms with E-state index in [1.54, 1.807) is 30.5 Å². The number of fused-ring (bicyclic) bond motifs is 4. The minimum Gasteiger partial charge on any atom is -0.399 e. The van der Waals surface area contributed by atoms with E-state index in [0.29, 0.717) is 29.0 Å². The number of amides is 1. The second kappa shape index (κ2) is 6.82. The van der Waals surface area contributed by atoms with Crippen LogP contribution in [0.1, 0.15) is 34.9 Å². The van der Waals surface area contributed by atoms with Gasteiger partial charge in [0.25, 0.3) is 5.91 Å². The van der Waals surface area contributed by atoms with Crippen molar-refractivity contribution < 1.29 is 4.79 Å². The fourth-order valence-corrected chi connectivity index (χ4v) is 3.63. The van der Waals surface area contributed by atoms with Crippen LogP contribution in [0.25, 0.3) is 0 Å². The number of nitrogens with zero attached hydrogens (tertiary/aromatic N) is 2. The number of benzene rings is 1. The molecule has 1 aromatic heterocycles. The highest BCUT2D eigenvalue weighted by molar-refractivity contribution is 6.04. The van der Waals surface area contributed by atoms with Gasteiger partial charge in [0.05, 0.1) is 23.6 Å². The number of hydrogen-bond donors (Lipinski definition) is 3. The molecule has 4 heterocycles. The Bertz CT molecular complexity index is 735. The zero-order valence-corrected chi connectivity index (χ0v) is 14.1. The molecule has 6 nitrogen and oxygen atoms in total. The molecule has 1 atom stereocenters. The Morgan fingerprint density at radius 1 is 1.16 bits per heavy atom. The van der Waals surface area contributed by atoms with Crippen molar-refractivity contribution in [3.05, 3.63) is 53.9 Å². The predicted molar refractivity (Wildman–Crippen MR) is 98.4 cm³/mol. The fourth-order valence-electron chi connectivity index (χ4n) is 3.63. The first-order valence-electron chi connectivity index (χ1n) is 8.79. The van der Waals surface area contributed by atoms with E-state index in [1.807, 2.05) is 12.1 Å². The molecule has 3 aliphatic heterocycles. The number of anilines is 2. The van der Waals surface area contributed by atoms with E-state index >= 15 is 0 Å². The van der Waals surface area contributed by atoms with Crippen molar-refractivity contribution in [2.24, 2.45) is 0 Å². The van der Waals surface area contributed by atoms with Crippen molar-refractivity contribution in [2.75, 3.05) is 30.7 Å². The van der Waals surface area contributed by atoms with E-state index in [9.17, 15) is 4.79 Å². The molecular weight excluding hydrogens is 314 g/mol. The molecule has 130 valence electrons. The Hall–Kier alpha value is -2.44. The Morgan fingerprint density at radius 2 is 1.92 bits per heavy atom. The summed E-state index contributed by atoms with van der Waals surface area (Å²) in [4.78, 5) is 19.4. The van der Waals surface area contributed by atoms with Crippen LogP contribution in [-0.2, 0) is 0 Å². The summed E-state index contributed by atoms with van der Waals surface area (Å²) in [5.41, 5.74) is 8.63. The molecule has 2 bridgehead atoms. The summed E-state index contributed by atoms with van der Waals surface area (Å²) in [5.74, 6) is -0.159. The number of carbonyl (C=O) groups excluding carboxylic acids is 1. The number of nitrogens with two attached hydrogens (primary N) is 1. The highest BCUT2D eigenvalue weighted by Crippen LogP contribution is 2.27. The van der Waals surface area contributed by atoms with Crippen molar-refractivity contribution >= 4 is 17.3 Å². The molecule has 3 aliphatic rings. The van der Waals surface area contributed by atoms with Gasteiger partial charge >= 0.3 is 0 Å². The van der Waals surface area contributed by atoms with Crippen LogP contribution >= 0.6 is 0 Å². The molecule has 3 saturated heterocycles. The molecule has 0 radical (unpaired) electrons. The van der Waals surface area contributed by atoms with Crippen molar-refractivity contribution in [1.82, 2.24) is 15.2 Å². The Labute approximate surface area is 147 Å². The molecule has 5 rings (SSSR count). The minimum absolute atomic E-state index is 0.159. The van der Waals surface area contributed by atoms with Gasteiger partial charge in [-0.05, 0) is 49.2 Å². The lowest BCUT2D eigenvalue weighted by atomic mass is 10.1. The zero-order valence-electron chi connectivity index (χ0n) is 14.1. The molecule has 1 unspecified atom stereocenters. The second-order valence-electron chi connectivity index (χ2n) is 6.78. The van der Waals surface area contributed by atoms with Gasteiger partial charge in [0.2, 0.25) is 0 Å². The summed E-state index contributed by atoms with van der Waals surface area (Å²) in [6.07, 6.45) is 4.17. The smallest absolute Gasteiger partial charge is 0.255 e. The van der Waals surface area contributed by atoms with E-state index in [4.69, 9.17) is 5.73 Å². The third kappa shape index (κ3) is 3.50. The lowest BCUT2D eigenvalue weighted by Crippen LogP contribution is -2.35. The minimum atomic E-state index is -0.159. The zero-order chi connectivity index (χ0) is 17.2. The van der Waals surface area contributed by atoms with Crippen molar-refractivity contribution in [3.63, 3.8) is 0 Å². The Kier molecular flexibility index (Phi) is 4.38. The third-order valence-corrected chi connectivity index (χ3v) is 5.13. The Balaban J connectivity index is 1.45. The van der Waals surface area contributed by atoms with Gasteiger partial charge in [-0.2, -0.15) is 0 Å². The average molecular weight is 337 g/mol. The summed E-state index contributed by atoms with van der Waals surface area (Å²) in [6.45, 7) is 3.19. The monoisotopic (exact) mass is 337 g/mol. The van der Waals surface area contributed by atoms with Gasteiger partial charge in [-0.3, -0.25) is 14.7 Å². The third-order valence-electron chi connectivity index (χ3n) is 5.13. The van der Waals surface area contributed by atoms with Crippen LogP contribution < -0.4 is 16.4 Å². The number of piperidine rings is 1. The van der Waals surface area contributed by atoms with E-state index in [0.717, 1.165) is 25.3 Å². The number of nitrogens with one attached hydrogen (secondary N) is 2. The number of rotatable bonds is 3. The first-order chi connectivity index (χ1) is 12.2. The SMILES string of the molecule is Nc1ccc(C(=O)Nc2ccc(C3CNC4CCN3CC4)nc2)cc1. The van der Waals surface area contributed by atoms with Crippen LogP contribution in [0.15, 0.2) is 42.6 Å². The summed E-state index contributed by atoms with van der Waals surface area (Å²) in [6, 6.07) is 11.8. The normalized spacial score (nSPS) is 25.4. The van der Waals surface area contributed by atoms with Gasteiger partial charge in [-0.1, -0.05) is 0 Å². The summed E-state index contributed by atoms with van der Waals surface area (Å²) in [5, 5.41) is 6.51. The van der Waals surface area contributed by atoms with Crippen LogP contribution in [0.2, 0.25) is 0 Å². The van der Waals surface area contributed by atoms with Gasteiger partial charge in [0, 0.05) is 36.9 Å². The molecular formula is C19H23N5O. The maximum Gasteiger partial charge on any atom is 0.255 e. The fraction of sp³-hybridized carbons (Fsp3) is 0.368. The van der Waals surface area contributed by atoms with Crippen LogP contribution in [0, 0.1) is 0 Å². The first kappa shape index (κ1) is 16.1. The molecule has 6 heteroatoms. The molecule has 4 N–H and O–H groups in total. The van der Waals surface area contributed by atoms with Crippen molar-refractivity contribution in [1.29, 1.82) is 0 Å². The maximum absolute atomic E-state index is 12.3. The number of carbonyl (C=O) groups is 1. The molecule has 1 aromatic carbocycles. The summed E-state index contributed by atoms with van der Waals surface area (Å²) in [7, 11) is 0. The first-order valence-corrected chi connectivity index (χ1v) is 8.79. The molecule has 0 spiro atoms. The summed E-state index contributed by atoms with van der Waals surface area (Å²) >= 11 is 0. The van der Waals surface area contributed by atoms with Gasteiger partial charge in [-0.15, -0.1) is 0 Å². The number of nitrogen functional groups attached to an aromatic ring is 1. The predicted octanol–water partition coefficient (Wildman–Crippen LogP) is 2.02. The largest absolute Gasteiger partial charge is 0.399 e. The topological polar surface area (TPSA) is 83.3 Å². The van der Waals surface area contributed by atoms with Crippen LogP contribution in [0.4, 0.5) is 11.4 Å². The Morgan fingerprint density at radius 3 is 2.60 bits per heavy atom. The van der Waals surface area contributed by atoms with Gasteiger partial charge in [0.15, 0.2) is 0 Å². The molecule has 2 aromatic rings. The van der Waals surface area contributed by atoms with E-state index < -0.39 is 0 Å². The van der Waals surface area contributed by atoms with E-state index in [2.05, 4.69) is 20.5 Å². The second-order valence-corrected chi connectivity index (χ2v) is 6.78. The number of pyridine rings is 1. The highest BCUT2D eigenvalue weighted by atomic mass is 16.1. The summed E-state index contributed by atoms with van der Waals surface area (Å²) < 4.78 is 0. The van der Waals surface area contributed by atoms with Gasteiger partial charge < -0.3 is 16.4 Å². The lowest BCUT2D eigenvalue weighted by molar-refractivity contribution is 0.102. The van der Waals surface area contributed by atoms with E-state index in [-0.39, 0.29) is 5.91 Å². The van der Waals surface area contributed by atoms with Gasteiger partial charge in [-0.25, -0.2) is 0 Å². The number of hydrogen-bond acceptors (Lipinski definition) is 5. The molecule has 1 amide bonds. The van der Waals surface area contributed by atoms with Crippen LogP contribution in [0.3, 0.4) is 0 Å². The van der Waals surface area contributed by atoms with Gasteiger partial charge in [0.1, 0.15) is 0 Å². The highest BCUT2D eigenvalue weighted by Gasteiger charge is 2.31.